The first-order valence-corrected chi connectivity index (χ1v) is 11.2. The van der Waals surface area contributed by atoms with E-state index in [4.69, 9.17) is 0 Å². The minimum absolute atomic E-state index is 1.09. The molecule has 0 atom stereocenters. The van der Waals surface area contributed by atoms with Crippen LogP contribution in [0.1, 0.15) is 77.0 Å². The standard InChI is InChI=1S/C22H40N2/c1(3-5-13-23-15-7-21(8-16-23)9-17-23)2-4-6-14-24-18-10-22(11-19-24)12-20-24/h13-14,21-22H,1-12,15-20H2/q+2. The van der Waals surface area contributed by atoms with Gasteiger partial charge in [0.05, 0.1) is 39.3 Å². The molecule has 0 aromatic carbocycles. The molecule has 0 spiro atoms. The van der Waals surface area contributed by atoms with Gasteiger partial charge in [-0.1, -0.05) is 12.8 Å². The Morgan fingerprint density at radius 1 is 0.500 bits per heavy atom. The Balaban J connectivity index is 1.03. The van der Waals surface area contributed by atoms with E-state index in [1.54, 1.807) is 0 Å². The highest BCUT2D eigenvalue weighted by Gasteiger charge is 2.40. The van der Waals surface area contributed by atoms with Crippen LogP contribution in [0.2, 0.25) is 0 Å². The van der Waals surface area contributed by atoms with Crippen LogP contribution in [-0.2, 0) is 0 Å². The third-order valence-corrected chi connectivity index (χ3v) is 8.09. The summed E-state index contributed by atoms with van der Waals surface area (Å²) >= 11 is 0. The fraction of sp³-hybridized carbons (Fsp3) is 0.909. The van der Waals surface area contributed by atoms with E-state index in [2.05, 4.69) is 13.1 Å². The predicted molar refractivity (Wildman–Crippen MR) is 101 cm³/mol. The van der Waals surface area contributed by atoms with Crippen LogP contribution in [0.15, 0.2) is 0 Å². The van der Waals surface area contributed by atoms with Crippen molar-refractivity contribution in [1.29, 1.82) is 0 Å². The van der Waals surface area contributed by atoms with Crippen molar-refractivity contribution < 1.29 is 8.97 Å². The van der Waals surface area contributed by atoms with Crippen LogP contribution in [0.5, 0.6) is 0 Å². The minimum atomic E-state index is 1.09. The third kappa shape index (κ3) is 4.01. The Bertz CT molecular complexity index is 323. The van der Waals surface area contributed by atoms with Crippen LogP contribution in [0.4, 0.5) is 0 Å². The molecule has 0 aromatic rings. The summed E-state index contributed by atoms with van der Waals surface area (Å²) in [4.78, 5) is 0. The quantitative estimate of drug-likeness (QED) is 0.416. The monoisotopic (exact) mass is 332 g/mol. The molecule has 6 saturated heterocycles. The number of nitrogens with zero attached hydrogens (tertiary/aromatic N) is 2. The van der Waals surface area contributed by atoms with E-state index < -0.39 is 0 Å². The van der Waals surface area contributed by atoms with Crippen molar-refractivity contribution in [2.24, 2.45) is 11.8 Å². The van der Waals surface area contributed by atoms with Crippen LogP contribution in [-0.4, -0.2) is 48.2 Å². The zero-order chi connectivity index (χ0) is 16.3. The normalized spacial score (nSPS) is 41.0. The maximum atomic E-state index is 2.71. The molecule has 6 aliphatic heterocycles. The largest absolute Gasteiger partial charge is 0.316 e. The third-order valence-electron chi connectivity index (χ3n) is 8.09. The van der Waals surface area contributed by atoms with E-state index in [0.29, 0.717) is 0 Å². The van der Waals surface area contributed by atoms with E-state index in [-0.39, 0.29) is 0 Å². The van der Waals surface area contributed by atoms with Crippen LogP contribution in [0.25, 0.3) is 0 Å². The van der Waals surface area contributed by atoms with E-state index in [1.165, 1.54) is 125 Å². The average Bonchev–Trinajstić information content (AvgIpc) is 2.67. The van der Waals surface area contributed by atoms with Crippen molar-refractivity contribution in [3.63, 3.8) is 0 Å². The van der Waals surface area contributed by atoms with Gasteiger partial charge in [-0.2, -0.15) is 0 Å². The zero-order valence-corrected chi connectivity index (χ0v) is 15.9. The summed E-state index contributed by atoms with van der Waals surface area (Å²) in [5.74, 6) is 2.18. The lowest BCUT2D eigenvalue weighted by Gasteiger charge is -2.48. The van der Waals surface area contributed by atoms with Crippen molar-refractivity contribution in [3.05, 3.63) is 13.1 Å². The molecule has 136 valence electrons. The van der Waals surface area contributed by atoms with Gasteiger partial charge in [0.25, 0.3) is 0 Å². The first-order chi connectivity index (χ1) is 11.8. The van der Waals surface area contributed by atoms with Gasteiger partial charge in [-0.05, 0) is 63.2 Å². The summed E-state index contributed by atoms with van der Waals surface area (Å²) in [5.41, 5.74) is 0. The van der Waals surface area contributed by atoms with Gasteiger partial charge in [0, 0.05) is 12.8 Å². The fourth-order valence-electron chi connectivity index (χ4n) is 6.10. The molecule has 0 aromatic heterocycles. The molecule has 2 radical (unpaired) electrons. The van der Waals surface area contributed by atoms with Crippen LogP contribution < -0.4 is 0 Å². The van der Waals surface area contributed by atoms with Crippen molar-refractivity contribution >= 4 is 0 Å². The second-order valence-electron chi connectivity index (χ2n) is 9.60. The van der Waals surface area contributed by atoms with Gasteiger partial charge in [0.2, 0.25) is 0 Å². The number of hydrogen-bond donors (Lipinski definition) is 0. The maximum absolute atomic E-state index is 2.71. The number of quaternary nitrogens is 2. The topological polar surface area (TPSA) is 0 Å². The number of hydrogen-bond acceptors (Lipinski definition) is 0. The first kappa shape index (κ1) is 17.3. The average molecular weight is 333 g/mol. The van der Waals surface area contributed by atoms with Gasteiger partial charge in [-0.15, -0.1) is 0 Å². The molecule has 0 N–H and O–H groups in total. The second kappa shape index (κ2) is 7.66. The van der Waals surface area contributed by atoms with Crippen molar-refractivity contribution in [2.45, 2.75) is 77.0 Å². The molecule has 6 fully saturated rings. The van der Waals surface area contributed by atoms with E-state index in [9.17, 15) is 0 Å². The summed E-state index contributed by atoms with van der Waals surface area (Å²) in [6.45, 7) is 14.2. The van der Waals surface area contributed by atoms with Gasteiger partial charge in [-0.25, -0.2) is 0 Å². The molecule has 2 nitrogen and oxygen atoms in total. The molecule has 6 heterocycles. The molecule has 6 rings (SSSR count). The Morgan fingerprint density at radius 2 is 0.833 bits per heavy atom. The molecule has 0 aliphatic carbocycles. The molecule has 2 heteroatoms. The van der Waals surface area contributed by atoms with Gasteiger partial charge >= 0.3 is 0 Å². The Morgan fingerprint density at radius 3 is 1.17 bits per heavy atom. The summed E-state index contributed by atoms with van der Waals surface area (Å²) in [7, 11) is 0. The number of fused-ring (bicyclic) bond motifs is 6. The summed E-state index contributed by atoms with van der Waals surface area (Å²) in [5, 5.41) is 0. The Labute approximate surface area is 150 Å². The lowest BCUT2D eigenvalue weighted by Crippen LogP contribution is -2.56. The lowest BCUT2D eigenvalue weighted by molar-refractivity contribution is -0.916. The number of piperidine rings is 6. The van der Waals surface area contributed by atoms with Gasteiger partial charge in [0.15, 0.2) is 0 Å². The number of unbranched alkanes of at least 4 members (excludes halogenated alkanes) is 5. The van der Waals surface area contributed by atoms with Gasteiger partial charge < -0.3 is 8.97 Å². The van der Waals surface area contributed by atoms with Gasteiger partial charge in [0.1, 0.15) is 13.1 Å². The summed E-state index contributed by atoms with van der Waals surface area (Å²) < 4.78 is 2.76. The molecule has 4 bridgehead atoms. The zero-order valence-electron chi connectivity index (χ0n) is 15.9. The molecule has 0 amide bonds. The van der Waals surface area contributed by atoms with Crippen LogP contribution in [0, 0.1) is 24.9 Å². The van der Waals surface area contributed by atoms with Crippen molar-refractivity contribution in [3.8, 4) is 0 Å². The highest BCUT2D eigenvalue weighted by Crippen LogP contribution is 2.36. The summed E-state index contributed by atoms with van der Waals surface area (Å²) in [6, 6.07) is 0. The van der Waals surface area contributed by atoms with Crippen molar-refractivity contribution in [1.82, 2.24) is 0 Å². The lowest BCUT2D eigenvalue weighted by atomic mass is 9.85. The minimum Gasteiger partial charge on any atom is -0.316 e. The molecular formula is C22H40N2+2. The van der Waals surface area contributed by atoms with E-state index in [1.807, 2.05) is 0 Å². The first-order valence-electron chi connectivity index (χ1n) is 11.2. The van der Waals surface area contributed by atoms with E-state index in [0.717, 1.165) is 11.8 Å². The van der Waals surface area contributed by atoms with Crippen LogP contribution in [0.3, 0.4) is 0 Å². The van der Waals surface area contributed by atoms with Crippen LogP contribution >= 0.6 is 0 Å². The second-order valence-corrected chi connectivity index (χ2v) is 9.60. The smallest absolute Gasteiger partial charge is 0.141 e. The fourth-order valence-corrected chi connectivity index (χ4v) is 6.10. The highest BCUT2D eigenvalue weighted by molar-refractivity contribution is 4.76. The molecule has 0 unspecified atom stereocenters. The Kier molecular flexibility index (Phi) is 5.53. The van der Waals surface area contributed by atoms with E-state index >= 15 is 0 Å². The van der Waals surface area contributed by atoms with Gasteiger partial charge in [-0.3, -0.25) is 0 Å². The Hall–Kier alpha value is -0.0800. The number of rotatable bonds is 9. The summed E-state index contributed by atoms with van der Waals surface area (Å²) in [6.07, 6.45) is 17.6. The highest BCUT2D eigenvalue weighted by atomic mass is 15.4. The molecular weight excluding hydrogens is 292 g/mol. The van der Waals surface area contributed by atoms with Crippen molar-refractivity contribution in [2.75, 3.05) is 39.3 Å². The SMILES string of the molecule is [CH](CCCCCC[CH][N+]12CCC(CC1)CC2)[N+]12CCC(CC1)CC2. The maximum Gasteiger partial charge on any atom is 0.141 e. The predicted octanol–water partition coefficient (Wildman–Crippen LogP) is 4.91. The molecule has 24 heavy (non-hydrogen) atoms. The molecule has 6 aliphatic rings. The molecule has 0 saturated carbocycles.